The van der Waals surface area contributed by atoms with Gasteiger partial charge in [-0.3, -0.25) is 9.69 Å². The van der Waals surface area contributed by atoms with Crippen molar-refractivity contribution in [2.45, 2.75) is 31.8 Å². The van der Waals surface area contributed by atoms with Crippen LogP contribution in [0, 0.1) is 11.3 Å². The van der Waals surface area contributed by atoms with Gasteiger partial charge in [0, 0.05) is 69.8 Å². The summed E-state index contributed by atoms with van der Waals surface area (Å²) in [6, 6.07) is 15.8. The van der Waals surface area contributed by atoms with Gasteiger partial charge in [-0.15, -0.1) is 0 Å². The Morgan fingerprint density at radius 1 is 1.02 bits per heavy atom. The minimum atomic E-state index is -2.31. The molecule has 3 aromatic rings. The molecule has 228 valence electrons. The molecule has 2 aromatic carbocycles. The topological polar surface area (TPSA) is 118 Å². The van der Waals surface area contributed by atoms with E-state index >= 15 is 0 Å². The molecule has 0 saturated carbocycles. The summed E-state index contributed by atoms with van der Waals surface area (Å²) in [4.78, 5) is 31.3. The number of alkyl halides is 2. The third kappa shape index (κ3) is 6.39. The fourth-order valence-corrected chi connectivity index (χ4v) is 5.99. The molecule has 0 unspecified atom stereocenters. The number of carbonyl (C=O) groups excluding carboxylic acids is 1. The molecule has 0 atom stereocenters. The quantitative estimate of drug-likeness (QED) is 0.417. The Kier molecular flexibility index (Phi) is 8.77. The van der Waals surface area contributed by atoms with Gasteiger partial charge in [-0.25, -0.2) is 23.7 Å². The van der Waals surface area contributed by atoms with Gasteiger partial charge in [0.2, 0.25) is 5.91 Å². The van der Waals surface area contributed by atoms with Crippen molar-refractivity contribution >= 4 is 23.0 Å². The van der Waals surface area contributed by atoms with E-state index in [0.717, 1.165) is 28.2 Å². The van der Waals surface area contributed by atoms with Crippen molar-refractivity contribution in [2.75, 3.05) is 57.3 Å². The van der Waals surface area contributed by atoms with Gasteiger partial charge in [0.1, 0.15) is 36.5 Å². The minimum Gasteiger partial charge on any atom is -0.489 e. The second-order valence-corrected chi connectivity index (χ2v) is 11.2. The molecule has 3 aliphatic rings. The number of nitriles is 1. The number of anilines is 1. The molecule has 3 aliphatic heterocycles. The summed E-state index contributed by atoms with van der Waals surface area (Å²) in [5.74, 6) is 0.194. The van der Waals surface area contributed by atoms with Gasteiger partial charge in [0.15, 0.2) is 0 Å². The molecule has 6 rings (SSSR count). The number of aliphatic hydroxyl groups is 1. The molecule has 2 saturated heterocycles. The number of aliphatic hydroxyl groups excluding tert-OH is 1. The van der Waals surface area contributed by atoms with Gasteiger partial charge < -0.3 is 19.6 Å². The Hall–Kier alpha value is -4.47. The number of piperidine rings is 1. The van der Waals surface area contributed by atoms with Crippen LogP contribution in [0.5, 0.6) is 5.75 Å². The highest BCUT2D eigenvalue weighted by Crippen LogP contribution is 2.37. The van der Waals surface area contributed by atoms with Crippen LogP contribution >= 0.6 is 0 Å². The van der Waals surface area contributed by atoms with Crippen molar-refractivity contribution in [3.63, 3.8) is 0 Å². The maximum Gasteiger partial charge on any atom is 0.251 e. The van der Waals surface area contributed by atoms with Crippen molar-refractivity contribution in [3.05, 3.63) is 65.6 Å². The number of likely N-dealkylation sites (tertiary alicyclic amines) is 1. The molecular weight excluding hydrogens is 568 g/mol. The third-order valence-corrected chi connectivity index (χ3v) is 8.41. The number of hydrogen-bond acceptors (Lipinski definition) is 9. The highest BCUT2D eigenvalue weighted by molar-refractivity contribution is 6.07. The highest BCUT2D eigenvalue weighted by atomic mass is 19.3. The van der Waals surface area contributed by atoms with Crippen LogP contribution in [0.2, 0.25) is 0 Å². The first-order valence-electron chi connectivity index (χ1n) is 14.8. The summed E-state index contributed by atoms with van der Waals surface area (Å²) in [5, 5.41) is 19.0. The minimum absolute atomic E-state index is 0.132. The monoisotopic (exact) mass is 601 g/mol. The number of carbonyl (C=O) groups is 1. The van der Waals surface area contributed by atoms with Gasteiger partial charge >= 0.3 is 0 Å². The van der Waals surface area contributed by atoms with E-state index in [1.165, 1.54) is 6.33 Å². The Morgan fingerprint density at radius 2 is 1.75 bits per heavy atom. The zero-order valence-electron chi connectivity index (χ0n) is 24.2. The molecule has 1 N–H and O–H groups in total. The van der Waals surface area contributed by atoms with E-state index < -0.39 is 13.0 Å². The molecule has 4 heterocycles. The lowest BCUT2D eigenvalue weighted by Gasteiger charge is -2.36. The first-order chi connectivity index (χ1) is 21.4. The maximum atomic E-state index is 12.7. The Morgan fingerprint density at radius 3 is 2.43 bits per heavy atom. The zero-order valence-corrected chi connectivity index (χ0v) is 24.2. The van der Waals surface area contributed by atoms with Crippen molar-refractivity contribution < 1.29 is 23.4 Å². The van der Waals surface area contributed by atoms with Gasteiger partial charge in [-0.05, 0) is 35.9 Å². The number of benzene rings is 2. The van der Waals surface area contributed by atoms with E-state index in [4.69, 9.17) is 14.8 Å². The van der Waals surface area contributed by atoms with Crippen molar-refractivity contribution in [2.24, 2.45) is 4.99 Å². The van der Waals surface area contributed by atoms with Crippen LogP contribution in [0.1, 0.15) is 29.7 Å². The van der Waals surface area contributed by atoms with E-state index in [9.17, 15) is 18.8 Å². The third-order valence-electron chi connectivity index (χ3n) is 8.41. The fourth-order valence-electron chi connectivity index (χ4n) is 5.99. The molecule has 0 bridgehead atoms. The van der Waals surface area contributed by atoms with Crippen molar-refractivity contribution in [1.29, 1.82) is 5.26 Å². The second-order valence-electron chi connectivity index (χ2n) is 11.2. The SMILES string of the molecule is N#Cc1cc(-c2ncnc3c2N=C(c2ccc(N4CCN(CC(F)F)CC4)cc2)C3)ccc1OC1CCN(C(=O)CO)CC1. The van der Waals surface area contributed by atoms with Crippen LogP contribution in [0.25, 0.3) is 11.3 Å². The lowest BCUT2D eigenvalue weighted by atomic mass is 10.0. The number of amides is 1. The summed E-state index contributed by atoms with van der Waals surface area (Å²) in [6.45, 7) is 2.97. The van der Waals surface area contributed by atoms with E-state index in [1.54, 1.807) is 21.9 Å². The van der Waals surface area contributed by atoms with Gasteiger partial charge in [0.25, 0.3) is 6.43 Å². The number of aliphatic imine (C=N–C) groups is 1. The molecule has 12 heteroatoms. The fraction of sp³-hybridized carbons (Fsp3) is 0.406. The Balaban J connectivity index is 1.14. The maximum absolute atomic E-state index is 12.7. The van der Waals surface area contributed by atoms with E-state index in [-0.39, 0.29) is 18.6 Å². The van der Waals surface area contributed by atoms with E-state index in [0.29, 0.717) is 81.2 Å². The number of fused-ring (bicyclic) bond motifs is 1. The number of rotatable bonds is 8. The summed E-state index contributed by atoms with van der Waals surface area (Å²) >= 11 is 0. The van der Waals surface area contributed by atoms with Crippen LogP contribution in [-0.4, -0.2) is 101 Å². The number of piperazine rings is 1. The molecule has 0 radical (unpaired) electrons. The average Bonchev–Trinajstić information content (AvgIpc) is 3.50. The van der Waals surface area contributed by atoms with Crippen LogP contribution in [0.3, 0.4) is 0 Å². The summed E-state index contributed by atoms with van der Waals surface area (Å²) in [6.07, 6.45) is 0.869. The van der Waals surface area contributed by atoms with Gasteiger partial charge in [-0.2, -0.15) is 5.26 Å². The molecule has 2 fully saturated rings. The normalized spacial score (nSPS) is 17.4. The molecule has 0 aliphatic carbocycles. The van der Waals surface area contributed by atoms with Crippen LogP contribution in [0.15, 0.2) is 53.8 Å². The summed E-state index contributed by atoms with van der Waals surface area (Å²) in [5.41, 5.74) is 6.16. The number of aromatic nitrogens is 2. The summed E-state index contributed by atoms with van der Waals surface area (Å²) in [7, 11) is 0. The van der Waals surface area contributed by atoms with E-state index in [2.05, 4.69) is 20.9 Å². The van der Waals surface area contributed by atoms with Gasteiger partial charge in [-0.1, -0.05) is 12.1 Å². The summed E-state index contributed by atoms with van der Waals surface area (Å²) < 4.78 is 31.6. The first-order valence-corrected chi connectivity index (χ1v) is 14.8. The predicted molar refractivity (Wildman–Crippen MR) is 160 cm³/mol. The molecule has 44 heavy (non-hydrogen) atoms. The second kappa shape index (κ2) is 13.0. The van der Waals surface area contributed by atoms with Crippen molar-refractivity contribution in [1.82, 2.24) is 19.8 Å². The van der Waals surface area contributed by atoms with E-state index in [1.807, 2.05) is 30.3 Å². The van der Waals surface area contributed by atoms with Crippen LogP contribution < -0.4 is 9.64 Å². The number of ether oxygens (including phenoxy) is 1. The predicted octanol–water partition coefficient (Wildman–Crippen LogP) is 3.44. The standard InChI is InChI=1S/C32H33F2N7O3/c33-29(34)18-39-11-13-40(14-12-39)24-4-1-21(2-5-24)26-16-27-32(38-26)31(37-20-36-27)22-3-6-28(23(15-22)17-35)44-25-7-9-41(10-8-25)30(43)19-42/h1-6,15,20,25,29,42H,7-14,16,18-19H2. The molecular formula is C32H33F2N7O3. The highest BCUT2D eigenvalue weighted by Gasteiger charge is 2.26. The lowest BCUT2D eigenvalue weighted by molar-refractivity contribution is -0.135. The van der Waals surface area contributed by atoms with Crippen LogP contribution in [0.4, 0.5) is 20.2 Å². The largest absolute Gasteiger partial charge is 0.489 e. The van der Waals surface area contributed by atoms with Crippen molar-refractivity contribution in [3.8, 4) is 23.1 Å². The Bertz CT molecular complexity index is 1580. The number of nitrogens with zero attached hydrogens (tertiary/aromatic N) is 7. The molecule has 10 nitrogen and oxygen atoms in total. The molecule has 1 amide bonds. The smallest absolute Gasteiger partial charge is 0.251 e. The molecule has 1 aromatic heterocycles. The number of hydrogen-bond donors (Lipinski definition) is 1. The number of halogens is 2. The lowest BCUT2D eigenvalue weighted by Crippen LogP contribution is -2.47. The first kappa shape index (κ1) is 29.6. The average molecular weight is 602 g/mol. The zero-order chi connectivity index (χ0) is 30.6. The molecule has 0 spiro atoms. The van der Waals surface area contributed by atoms with Gasteiger partial charge in [0.05, 0.1) is 29.2 Å². The van der Waals surface area contributed by atoms with Crippen LogP contribution in [-0.2, 0) is 11.2 Å². The Labute approximate surface area is 254 Å².